The molecular formula is C15H30IN3O. The number of halogens is 1. The minimum atomic E-state index is 0. The van der Waals surface area contributed by atoms with Gasteiger partial charge in [0, 0.05) is 39.7 Å². The second-order valence-corrected chi connectivity index (χ2v) is 6.53. The Kier molecular flexibility index (Phi) is 7.58. The fraction of sp³-hybridized carbons (Fsp3) is 0.933. The van der Waals surface area contributed by atoms with Crippen LogP contribution in [0.15, 0.2) is 4.99 Å². The van der Waals surface area contributed by atoms with Crippen molar-refractivity contribution in [2.75, 3.05) is 40.4 Å². The summed E-state index contributed by atoms with van der Waals surface area (Å²) in [4.78, 5) is 6.66. The highest BCUT2D eigenvalue weighted by Crippen LogP contribution is 2.36. The van der Waals surface area contributed by atoms with E-state index in [4.69, 9.17) is 4.74 Å². The van der Waals surface area contributed by atoms with Gasteiger partial charge in [-0.3, -0.25) is 4.99 Å². The molecule has 1 N–H and O–H groups in total. The highest BCUT2D eigenvalue weighted by Gasteiger charge is 2.29. The number of hydrogen-bond acceptors (Lipinski definition) is 2. The molecule has 2 aliphatic rings. The summed E-state index contributed by atoms with van der Waals surface area (Å²) >= 11 is 0. The van der Waals surface area contributed by atoms with Crippen LogP contribution in [0.4, 0.5) is 0 Å². The van der Waals surface area contributed by atoms with Crippen LogP contribution in [-0.2, 0) is 4.74 Å². The van der Waals surface area contributed by atoms with Crippen molar-refractivity contribution in [3.05, 3.63) is 0 Å². The van der Waals surface area contributed by atoms with Crippen LogP contribution in [0.1, 0.15) is 39.0 Å². The van der Waals surface area contributed by atoms with Gasteiger partial charge in [-0.25, -0.2) is 0 Å². The highest BCUT2D eigenvalue weighted by molar-refractivity contribution is 14.0. The van der Waals surface area contributed by atoms with Gasteiger partial charge in [-0.05, 0) is 24.7 Å². The van der Waals surface area contributed by atoms with Gasteiger partial charge in [0.1, 0.15) is 0 Å². The summed E-state index contributed by atoms with van der Waals surface area (Å²) in [5.41, 5.74) is 0.466. The molecule has 1 unspecified atom stereocenters. The summed E-state index contributed by atoms with van der Waals surface area (Å²) in [5.74, 6) is 1.69. The number of nitrogens with zero attached hydrogens (tertiary/aromatic N) is 2. The average molecular weight is 395 g/mol. The van der Waals surface area contributed by atoms with Gasteiger partial charge in [0.25, 0.3) is 0 Å². The smallest absolute Gasteiger partial charge is 0.193 e. The second kappa shape index (κ2) is 8.41. The summed E-state index contributed by atoms with van der Waals surface area (Å²) < 4.78 is 5.44. The lowest BCUT2D eigenvalue weighted by atomic mass is 9.89. The minimum Gasteiger partial charge on any atom is -0.381 e. The first-order chi connectivity index (χ1) is 9.13. The van der Waals surface area contributed by atoms with Gasteiger partial charge in [0.15, 0.2) is 5.96 Å². The van der Waals surface area contributed by atoms with Crippen LogP contribution in [0.5, 0.6) is 0 Å². The van der Waals surface area contributed by atoms with Gasteiger partial charge in [-0.1, -0.05) is 19.8 Å². The van der Waals surface area contributed by atoms with Crippen molar-refractivity contribution in [3.8, 4) is 0 Å². The molecule has 1 heterocycles. The third-order valence-corrected chi connectivity index (χ3v) is 4.61. The minimum absolute atomic E-state index is 0. The summed E-state index contributed by atoms with van der Waals surface area (Å²) in [6.07, 6.45) is 6.63. The molecule has 5 heteroatoms. The maximum atomic E-state index is 5.44. The molecule has 0 aromatic carbocycles. The Morgan fingerprint density at radius 2 is 2.10 bits per heavy atom. The van der Waals surface area contributed by atoms with Crippen molar-refractivity contribution in [3.63, 3.8) is 0 Å². The molecule has 4 nitrogen and oxygen atoms in total. The molecule has 118 valence electrons. The number of aliphatic imine (C=N–C) groups is 1. The lowest BCUT2D eigenvalue weighted by Crippen LogP contribution is -2.44. The van der Waals surface area contributed by atoms with E-state index >= 15 is 0 Å². The molecule has 1 saturated heterocycles. The normalized spacial score (nSPS) is 25.4. The summed E-state index contributed by atoms with van der Waals surface area (Å²) in [5, 5.41) is 3.56. The van der Waals surface area contributed by atoms with Crippen molar-refractivity contribution < 1.29 is 4.74 Å². The molecule has 0 aromatic rings. The maximum Gasteiger partial charge on any atom is 0.193 e. The van der Waals surface area contributed by atoms with Crippen molar-refractivity contribution >= 4 is 29.9 Å². The second-order valence-electron chi connectivity index (χ2n) is 6.53. The Morgan fingerprint density at radius 3 is 2.65 bits per heavy atom. The van der Waals surface area contributed by atoms with Gasteiger partial charge < -0.3 is 15.0 Å². The summed E-state index contributed by atoms with van der Waals surface area (Å²) in [6, 6.07) is 0. The number of hydrogen-bond donors (Lipinski definition) is 1. The molecule has 0 spiro atoms. The van der Waals surface area contributed by atoms with Gasteiger partial charge in [-0.2, -0.15) is 0 Å². The molecule has 0 bridgehead atoms. The Balaban J connectivity index is 0.00000200. The van der Waals surface area contributed by atoms with Gasteiger partial charge in [-0.15, -0.1) is 24.0 Å². The standard InChI is InChI=1S/C15H29N3O.HI/c1-15(7-4-5-8-15)12-17-14(16-2)18(3)10-13-6-9-19-11-13;/h13H,4-12H2,1-3H3,(H,16,17);1H. The van der Waals surface area contributed by atoms with Crippen LogP contribution in [-0.4, -0.2) is 51.3 Å². The van der Waals surface area contributed by atoms with E-state index < -0.39 is 0 Å². The van der Waals surface area contributed by atoms with E-state index in [9.17, 15) is 0 Å². The Bertz CT molecular complexity index is 310. The van der Waals surface area contributed by atoms with E-state index in [1.54, 1.807) is 0 Å². The lowest BCUT2D eigenvalue weighted by molar-refractivity contribution is 0.181. The zero-order valence-electron chi connectivity index (χ0n) is 13.2. The van der Waals surface area contributed by atoms with E-state index in [0.29, 0.717) is 11.3 Å². The molecule has 1 atom stereocenters. The van der Waals surface area contributed by atoms with Gasteiger partial charge >= 0.3 is 0 Å². The van der Waals surface area contributed by atoms with Gasteiger partial charge in [0.2, 0.25) is 0 Å². The first-order valence-corrected chi connectivity index (χ1v) is 7.62. The fourth-order valence-corrected chi connectivity index (χ4v) is 3.28. The molecule has 1 aliphatic heterocycles. The van der Waals surface area contributed by atoms with Gasteiger partial charge in [0.05, 0.1) is 6.61 Å². The van der Waals surface area contributed by atoms with E-state index in [0.717, 1.165) is 32.3 Å². The van der Waals surface area contributed by atoms with Crippen LogP contribution in [0.25, 0.3) is 0 Å². The molecule has 2 fully saturated rings. The molecule has 0 amide bonds. The van der Waals surface area contributed by atoms with Crippen molar-refractivity contribution in [1.29, 1.82) is 0 Å². The Labute approximate surface area is 140 Å². The predicted octanol–water partition coefficient (Wildman–Crippen LogP) is 2.73. The monoisotopic (exact) mass is 395 g/mol. The number of guanidine groups is 1. The first kappa shape index (κ1) is 18.0. The Morgan fingerprint density at radius 1 is 1.40 bits per heavy atom. The maximum absolute atomic E-state index is 5.44. The van der Waals surface area contributed by atoms with Crippen LogP contribution < -0.4 is 5.32 Å². The number of ether oxygens (including phenoxy) is 1. The molecule has 1 aliphatic carbocycles. The van der Waals surface area contributed by atoms with Crippen molar-refractivity contribution in [1.82, 2.24) is 10.2 Å². The average Bonchev–Trinajstić information content (AvgIpc) is 3.02. The predicted molar refractivity (Wildman–Crippen MR) is 94.9 cm³/mol. The topological polar surface area (TPSA) is 36.9 Å². The first-order valence-electron chi connectivity index (χ1n) is 7.62. The number of rotatable bonds is 4. The third-order valence-electron chi connectivity index (χ3n) is 4.61. The van der Waals surface area contributed by atoms with Crippen LogP contribution in [0, 0.1) is 11.3 Å². The largest absolute Gasteiger partial charge is 0.381 e. The molecule has 2 rings (SSSR count). The summed E-state index contributed by atoms with van der Waals surface area (Å²) in [6.45, 7) is 6.30. The zero-order valence-corrected chi connectivity index (χ0v) is 15.5. The van der Waals surface area contributed by atoms with Crippen LogP contribution >= 0.6 is 24.0 Å². The van der Waals surface area contributed by atoms with Crippen LogP contribution in [0.2, 0.25) is 0 Å². The number of nitrogens with one attached hydrogen (secondary N) is 1. The lowest BCUT2D eigenvalue weighted by Gasteiger charge is -2.29. The zero-order chi connectivity index (χ0) is 13.7. The Hall–Kier alpha value is -0.0400. The van der Waals surface area contributed by atoms with Crippen molar-refractivity contribution in [2.45, 2.75) is 39.0 Å². The van der Waals surface area contributed by atoms with E-state index in [1.807, 2.05) is 7.05 Å². The highest BCUT2D eigenvalue weighted by atomic mass is 127. The van der Waals surface area contributed by atoms with E-state index in [2.05, 4.69) is 29.2 Å². The van der Waals surface area contributed by atoms with Crippen molar-refractivity contribution in [2.24, 2.45) is 16.3 Å². The molecule has 1 saturated carbocycles. The van der Waals surface area contributed by atoms with E-state index in [-0.39, 0.29) is 24.0 Å². The molecule has 0 aromatic heterocycles. The molecular weight excluding hydrogens is 365 g/mol. The quantitative estimate of drug-likeness (QED) is 0.452. The molecule has 20 heavy (non-hydrogen) atoms. The summed E-state index contributed by atoms with van der Waals surface area (Å²) in [7, 11) is 4.01. The van der Waals surface area contributed by atoms with E-state index in [1.165, 1.54) is 32.1 Å². The third kappa shape index (κ3) is 5.06. The fourth-order valence-electron chi connectivity index (χ4n) is 3.28. The van der Waals surface area contributed by atoms with Crippen LogP contribution in [0.3, 0.4) is 0 Å². The SMILES string of the molecule is CN=C(NCC1(C)CCCC1)N(C)CC1CCOC1.I. The molecule has 0 radical (unpaired) electrons.